The Labute approximate surface area is 113 Å². The third-order valence-electron chi connectivity index (χ3n) is 3.17. The molecule has 1 N–H and O–H groups in total. The van der Waals surface area contributed by atoms with Crippen molar-refractivity contribution in [2.24, 2.45) is 0 Å². The van der Waals surface area contributed by atoms with Crippen LogP contribution in [0.3, 0.4) is 0 Å². The highest BCUT2D eigenvalue weighted by molar-refractivity contribution is 6.35. The first-order valence-electron chi connectivity index (χ1n) is 6.02. The Hall–Kier alpha value is -0.280. The standard InChI is InChI=1S/C13H18Cl2N2/c1-17(10-5-6-10)8-7-16-9-11-12(14)3-2-4-13(11)15/h2-4,10,16H,5-9H2,1H3. The maximum absolute atomic E-state index is 6.10. The Morgan fingerprint density at radius 3 is 2.53 bits per heavy atom. The largest absolute Gasteiger partial charge is 0.311 e. The fourth-order valence-electron chi connectivity index (χ4n) is 1.87. The quantitative estimate of drug-likeness (QED) is 0.801. The minimum atomic E-state index is 0.733. The molecule has 17 heavy (non-hydrogen) atoms. The molecule has 0 bridgehead atoms. The van der Waals surface area contributed by atoms with Crippen LogP contribution in [0.4, 0.5) is 0 Å². The van der Waals surface area contributed by atoms with E-state index < -0.39 is 0 Å². The third kappa shape index (κ3) is 3.85. The molecule has 0 aromatic heterocycles. The highest BCUT2D eigenvalue weighted by Crippen LogP contribution is 2.25. The molecule has 0 radical (unpaired) electrons. The van der Waals surface area contributed by atoms with Crippen LogP contribution in [0.5, 0.6) is 0 Å². The molecule has 0 aliphatic heterocycles. The van der Waals surface area contributed by atoms with E-state index in [0.717, 1.165) is 41.3 Å². The topological polar surface area (TPSA) is 15.3 Å². The predicted molar refractivity (Wildman–Crippen MR) is 73.8 cm³/mol. The summed E-state index contributed by atoms with van der Waals surface area (Å²) in [5.74, 6) is 0. The Kier molecular flexibility index (Phi) is 4.69. The van der Waals surface area contributed by atoms with E-state index in [1.165, 1.54) is 12.8 Å². The predicted octanol–water partition coefficient (Wildman–Crippen LogP) is 3.18. The zero-order valence-electron chi connectivity index (χ0n) is 10.0. The first-order valence-corrected chi connectivity index (χ1v) is 6.78. The van der Waals surface area contributed by atoms with E-state index in [0.29, 0.717) is 0 Å². The van der Waals surface area contributed by atoms with E-state index in [4.69, 9.17) is 23.2 Å². The summed E-state index contributed by atoms with van der Waals surface area (Å²) >= 11 is 12.2. The number of nitrogens with one attached hydrogen (secondary N) is 1. The van der Waals surface area contributed by atoms with Gasteiger partial charge in [-0.1, -0.05) is 29.3 Å². The smallest absolute Gasteiger partial charge is 0.0465 e. The number of rotatable bonds is 6. The molecule has 1 saturated carbocycles. The van der Waals surface area contributed by atoms with Gasteiger partial charge in [-0.3, -0.25) is 0 Å². The van der Waals surface area contributed by atoms with E-state index in [1.54, 1.807) is 0 Å². The van der Waals surface area contributed by atoms with E-state index in [9.17, 15) is 0 Å². The molecule has 0 atom stereocenters. The van der Waals surface area contributed by atoms with Gasteiger partial charge in [-0.25, -0.2) is 0 Å². The summed E-state index contributed by atoms with van der Waals surface area (Å²) in [4.78, 5) is 2.40. The van der Waals surface area contributed by atoms with E-state index in [2.05, 4.69) is 17.3 Å². The highest BCUT2D eigenvalue weighted by Gasteiger charge is 2.25. The summed E-state index contributed by atoms with van der Waals surface area (Å²) in [5.41, 5.74) is 0.991. The number of hydrogen-bond acceptors (Lipinski definition) is 2. The van der Waals surface area contributed by atoms with Crippen LogP contribution >= 0.6 is 23.2 Å². The minimum Gasteiger partial charge on any atom is -0.311 e. The first-order chi connectivity index (χ1) is 8.18. The lowest BCUT2D eigenvalue weighted by Crippen LogP contribution is -2.30. The van der Waals surface area contributed by atoms with Crippen molar-refractivity contribution in [3.05, 3.63) is 33.8 Å². The number of likely N-dealkylation sites (N-methyl/N-ethyl adjacent to an activating group) is 1. The van der Waals surface area contributed by atoms with Crippen LogP contribution in [0.2, 0.25) is 10.0 Å². The van der Waals surface area contributed by atoms with Gasteiger partial charge < -0.3 is 10.2 Å². The van der Waals surface area contributed by atoms with Crippen molar-refractivity contribution in [2.75, 3.05) is 20.1 Å². The number of hydrogen-bond donors (Lipinski definition) is 1. The van der Waals surface area contributed by atoms with Crippen molar-refractivity contribution < 1.29 is 0 Å². The van der Waals surface area contributed by atoms with Crippen molar-refractivity contribution in [1.82, 2.24) is 10.2 Å². The van der Waals surface area contributed by atoms with Crippen LogP contribution in [-0.2, 0) is 6.54 Å². The molecule has 0 saturated heterocycles. The van der Waals surface area contributed by atoms with Gasteiger partial charge in [0.05, 0.1) is 0 Å². The summed E-state index contributed by atoms with van der Waals surface area (Å²) in [6.45, 7) is 2.78. The summed E-state index contributed by atoms with van der Waals surface area (Å²) < 4.78 is 0. The van der Waals surface area contributed by atoms with E-state index in [-0.39, 0.29) is 0 Å². The van der Waals surface area contributed by atoms with Crippen molar-refractivity contribution in [3.63, 3.8) is 0 Å². The lowest BCUT2D eigenvalue weighted by atomic mass is 10.2. The van der Waals surface area contributed by atoms with Gasteiger partial charge in [0.1, 0.15) is 0 Å². The Morgan fingerprint density at radius 2 is 1.94 bits per heavy atom. The van der Waals surface area contributed by atoms with Gasteiger partial charge in [0.15, 0.2) is 0 Å². The lowest BCUT2D eigenvalue weighted by molar-refractivity contribution is 0.321. The fraction of sp³-hybridized carbons (Fsp3) is 0.538. The zero-order valence-corrected chi connectivity index (χ0v) is 11.6. The van der Waals surface area contributed by atoms with Crippen molar-refractivity contribution in [2.45, 2.75) is 25.4 Å². The van der Waals surface area contributed by atoms with Gasteiger partial charge in [0.25, 0.3) is 0 Å². The number of halogens is 2. The van der Waals surface area contributed by atoms with Crippen molar-refractivity contribution in [1.29, 1.82) is 0 Å². The minimum absolute atomic E-state index is 0.733. The van der Waals surface area contributed by atoms with Crippen LogP contribution in [0.1, 0.15) is 18.4 Å². The van der Waals surface area contributed by atoms with Crippen LogP contribution in [0, 0.1) is 0 Å². The van der Waals surface area contributed by atoms with Crippen molar-refractivity contribution in [3.8, 4) is 0 Å². The average molecular weight is 273 g/mol. The number of nitrogens with zero attached hydrogens (tertiary/aromatic N) is 1. The average Bonchev–Trinajstić information content (AvgIpc) is 3.11. The highest BCUT2D eigenvalue weighted by atomic mass is 35.5. The van der Waals surface area contributed by atoms with E-state index in [1.807, 2.05) is 18.2 Å². The SMILES string of the molecule is CN(CCNCc1c(Cl)cccc1Cl)C1CC1. The maximum Gasteiger partial charge on any atom is 0.0465 e. The molecule has 1 fully saturated rings. The van der Waals surface area contributed by atoms with Crippen LogP contribution in [0.15, 0.2) is 18.2 Å². The maximum atomic E-state index is 6.10. The van der Waals surface area contributed by atoms with Crippen LogP contribution in [0.25, 0.3) is 0 Å². The first kappa shape index (κ1) is 13.2. The Balaban J connectivity index is 1.74. The Morgan fingerprint density at radius 1 is 1.29 bits per heavy atom. The summed E-state index contributed by atoms with van der Waals surface area (Å²) in [6, 6.07) is 6.44. The lowest BCUT2D eigenvalue weighted by Gasteiger charge is -2.16. The zero-order chi connectivity index (χ0) is 12.3. The van der Waals surface area contributed by atoms with Gasteiger partial charge in [0, 0.05) is 41.3 Å². The molecule has 2 rings (SSSR count). The van der Waals surface area contributed by atoms with Gasteiger partial charge in [-0.15, -0.1) is 0 Å². The second-order valence-corrected chi connectivity index (χ2v) is 5.40. The third-order valence-corrected chi connectivity index (χ3v) is 3.88. The van der Waals surface area contributed by atoms with Crippen molar-refractivity contribution >= 4 is 23.2 Å². The normalized spacial score (nSPS) is 15.5. The fourth-order valence-corrected chi connectivity index (χ4v) is 2.40. The number of benzene rings is 1. The molecule has 0 heterocycles. The van der Waals surface area contributed by atoms with Gasteiger partial charge in [0.2, 0.25) is 0 Å². The van der Waals surface area contributed by atoms with E-state index >= 15 is 0 Å². The molecule has 2 nitrogen and oxygen atoms in total. The molecule has 0 unspecified atom stereocenters. The molecular weight excluding hydrogens is 255 g/mol. The molecule has 94 valence electrons. The second kappa shape index (κ2) is 6.05. The molecule has 1 aromatic rings. The molecular formula is C13H18Cl2N2. The second-order valence-electron chi connectivity index (χ2n) is 4.59. The molecule has 0 spiro atoms. The monoisotopic (exact) mass is 272 g/mol. The summed E-state index contributed by atoms with van der Waals surface area (Å²) in [5, 5.41) is 4.86. The van der Waals surface area contributed by atoms with Gasteiger partial charge in [-0.05, 0) is 32.0 Å². The van der Waals surface area contributed by atoms with Crippen LogP contribution in [-0.4, -0.2) is 31.1 Å². The molecule has 0 amide bonds. The summed E-state index contributed by atoms with van der Waals surface area (Å²) in [7, 11) is 2.18. The molecule has 4 heteroatoms. The molecule has 1 aromatic carbocycles. The molecule has 1 aliphatic carbocycles. The Bertz CT molecular complexity index is 357. The molecule has 1 aliphatic rings. The van der Waals surface area contributed by atoms with Crippen LogP contribution < -0.4 is 5.32 Å². The van der Waals surface area contributed by atoms with Gasteiger partial charge >= 0.3 is 0 Å². The van der Waals surface area contributed by atoms with Gasteiger partial charge in [-0.2, -0.15) is 0 Å². The summed E-state index contributed by atoms with van der Waals surface area (Å²) in [6.07, 6.45) is 2.71.